The number of rotatable bonds is 3. The molecule has 4 heteroatoms. The third kappa shape index (κ3) is 2.42. The summed E-state index contributed by atoms with van der Waals surface area (Å²) in [5, 5.41) is 3.18. The van der Waals surface area contributed by atoms with Crippen molar-refractivity contribution in [1.29, 1.82) is 0 Å². The summed E-state index contributed by atoms with van der Waals surface area (Å²) in [7, 11) is 1.97. The molecule has 0 radical (unpaired) electrons. The van der Waals surface area contributed by atoms with E-state index in [4.69, 9.17) is 4.74 Å². The zero-order valence-corrected chi connectivity index (χ0v) is 12.2. The molecule has 2 unspecified atom stereocenters. The minimum atomic E-state index is 0.438. The van der Waals surface area contributed by atoms with Crippen LogP contribution in [-0.2, 0) is 11.3 Å². The van der Waals surface area contributed by atoms with Gasteiger partial charge in [0.1, 0.15) is 0 Å². The molecule has 0 amide bonds. The fourth-order valence-corrected chi connectivity index (χ4v) is 3.61. The molecule has 0 saturated carbocycles. The van der Waals surface area contributed by atoms with Crippen LogP contribution in [0.5, 0.6) is 0 Å². The van der Waals surface area contributed by atoms with Gasteiger partial charge in [0.05, 0.1) is 17.9 Å². The lowest BCUT2D eigenvalue weighted by atomic mass is 10.1. The SMILES string of the molecule is CNCc1ccc(N2CC3CCC(C2)O3)c(Br)c1. The largest absolute Gasteiger partial charge is 0.371 e. The van der Waals surface area contributed by atoms with Gasteiger partial charge in [-0.25, -0.2) is 0 Å². The number of fused-ring (bicyclic) bond motifs is 2. The summed E-state index contributed by atoms with van der Waals surface area (Å²) in [6.07, 6.45) is 3.31. The molecular weight excluding hydrogens is 292 g/mol. The monoisotopic (exact) mass is 310 g/mol. The maximum absolute atomic E-state index is 5.88. The zero-order valence-electron chi connectivity index (χ0n) is 10.7. The number of nitrogens with one attached hydrogen (secondary N) is 1. The van der Waals surface area contributed by atoms with Gasteiger partial charge in [0.15, 0.2) is 0 Å². The van der Waals surface area contributed by atoms with Crippen molar-refractivity contribution in [3.63, 3.8) is 0 Å². The third-order valence-corrected chi connectivity index (χ3v) is 4.41. The van der Waals surface area contributed by atoms with E-state index in [1.807, 2.05) is 7.05 Å². The van der Waals surface area contributed by atoms with E-state index in [0.29, 0.717) is 12.2 Å². The summed E-state index contributed by atoms with van der Waals surface area (Å²) in [5.41, 5.74) is 2.61. The van der Waals surface area contributed by atoms with Gasteiger partial charge in [-0.3, -0.25) is 0 Å². The van der Waals surface area contributed by atoms with E-state index < -0.39 is 0 Å². The van der Waals surface area contributed by atoms with Crippen LogP contribution in [0.1, 0.15) is 18.4 Å². The molecule has 0 aliphatic carbocycles. The van der Waals surface area contributed by atoms with Crippen LogP contribution in [-0.4, -0.2) is 32.3 Å². The highest BCUT2D eigenvalue weighted by Gasteiger charge is 2.34. The number of anilines is 1. The number of hydrogen-bond donors (Lipinski definition) is 1. The van der Waals surface area contributed by atoms with Crippen LogP contribution in [0.2, 0.25) is 0 Å². The molecule has 0 spiro atoms. The molecule has 2 atom stereocenters. The number of halogens is 1. The second kappa shape index (κ2) is 5.19. The Hall–Kier alpha value is -0.580. The summed E-state index contributed by atoms with van der Waals surface area (Å²) < 4.78 is 7.08. The Morgan fingerprint density at radius 3 is 2.67 bits per heavy atom. The van der Waals surface area contributed by atoms with Crippen LogP contribution in [0.25, 0.3) is 0 Å². The molecule has 3 nitrogen and oxygen atoms in total. The van der Waals surface area contributed by atoms with E-state index in [2.05, 4.69) is 44.3 Å². The van der Waals surface area contributed by atoms with Crippen molar-refractivity contribution in [2.75, 3.05) is 25.0 Å². The molecular formula is C14H19BrN2O. The Morgan fingerprint density at radius 2 is 2.06 bits per heavy atom. The molecule has 2 fully saturated rings. The number of nitrogens with zero attached hydrogens (tertiary/aromatic N) is 1. The Labute approximate surface area is 117 Å². The van der Waals surface area contributed by atoms with Gasteiger partial charge >= 0.3 is 0 Å². The van der Waals surface area contributed by atoms with Crippen molar-refractivity contribution in [2.45, 2.75) is 31.6 Å². The third-order valence-electron chi connectivity index (χ3n) is 3.78. The smallest absolute Gasteiger partial charge is 0.0755 e. The van der Waals surface area contributed by atoms with Crippen LogP contribution >= 0.6 is 15.9 Å². The minimum Gasteiger partial charge on any atom is -0.371 e. The van der Waals surface area contributed by atoms with E-state index in [-0.39, 0.29) is 0 Å². The lowest BCUT2D eigenvalue weighted by Crippen LogP contribution is -2.42. The van der Waals surface area contributed by atoms with Crippen molar-refractivity contribution in [1.82, 2.24) is 5.32 Å². The van der Waals surface area contributed by atoms with Crippen molar-refractivity contribution < 1.29 is 4.74 Å². The molecule has 2 heterocycles. The van der Waals surface area contributed by atoms with E-state index in [0.717, 1.165) is 19.6 Å². The summed E-state index contributed by atoms with van der Waals surface area (Å²) >= 11 is 3.70. The second-order valence-corrected chi connectivity index (χ2v) is 6.03. The maximum Gasteiger partial charge on any atom is 0.0755 e. The normalized spacial score (nSPS) is 26.7. The van der Waals surface area contributed by atoms with Gasteiger partial charge < -0.3 is 15.0 Å². The Bertz CT molecular complexity index is 426. The second-order valence-electron chi connectivity index (χ2n) is 5.18. The Morgan fingerprint density at radius 1 is 1.33 bits per heavy atom. The Balaban J connectivity index is 1.79. The lowest BCUT2D eigenvalue weighted by Gasteiger charge is -2.34. The first-order chi connectivity index (χ1) is 8.76. The molecule has 2 bridgehead atoms. The quantitative estimate of drug-likeness (QED) is 0.928. The minimum absolute atomic E-state index is 0.438. The number of hydrogen-bond acceptors (Lipinski definition) is 3. The molecule has 1 aromatic carbocycles. The molecule has 0 aromatic heterocycles. The summed E-state index contributed by atoms with van der Waals surface area (Å²) in [6, 6.07) is 6.64. The van der Waals surface area contributed by atoms with Gasteiger partial charge in [0.25, 0.3) is 0 Å². The number of benzene rings is 1. The summed E-state index contributed by atoms with van der Waals surface area (Å²) in [6.45, 7) is 2.97. The topological polar surface area (TPSA) is 24.5 Å². The zero-order chi connectivity index (χ0) is 12.5. The molecule has 1 aromatic rings. The van der Waals surface area contributed by atoms with Crippen LogP contribution in [0, 0.1) is 0 Å². The molecule has 2 aliphatic rings. The average molecular weight is 311 g/mol. The predicted molar refractivity (Wildman–Crippen MR) is 77.0 cm³/mol. The van der Waals surface area contributed by atoms with Crippen LogP contribution in [0.15, 0.2) is 22.7 Å². The summed E-state index contributed by atoms with van der Waals surface area (Å²) in [4.78, 5) is 2.46. The first-order valence-corrected chi connectivity index (χ1v) is 7.39. The first kappa shape index (κ1) is 12.5. The molecule has 2 saturated heterocycles. The van der Waals surface area contributed by atoms with Crippen molar-refractivity contribution in [2.24, 2.45) is 0 Å². The highest BCUT2D eigenvalue weighted by atomic mass is 79.9. The lowest BCUT2D eigenvalue weighted by molar-refractivity contribution is 0.0304. The molecule has 1 N–H and O–H groups in total. The van der Waals surface area contributed by atoms with Gasteiger partial charge in [0, 0.05) is 24.1 Å². The first-order valence-electron chi connectivity index (χ1n) is 6.59. The summed E-state index contributed by atoms with van der Waals surface area (Å²) in [5.74, 6) is 0. The van der Waals surface area contributed by atoms with Gasteiger partial charge in [-0.15, -0.1) is 0 Å². The van der Waals surface area contributed by atoms with Crippen LogP contribution in [0.4, 0.5) is 5.69 Å². The van der Waals surface area contributed by atoms with E-state index in [1.54, 1.807) is 0 Å². The number of ether oxygens (including phenoxy) is 1. The average Bonchev–Trinajstić information content (AvgIpc) is 2.69. The fraction of sp³-hybridized carbons (Fsp3) is 0.571. The number of morpholine rings is 1. The van der Waals surface area contributed by atoms with Gasteiger partial charge in [-0.05, 0) is 53.5 Å². The van der Waals surface area contributed by atoms with E-state index >= 15 is 0 Å². The molecule has 18 heavy (non-hydrogen) atoms. The molecule has 3 rings (SSSR count). The van der Waals surface area contributed by atoms with Crippen molar-refractivity contribution >= 4 is 21.6 Å². The highest BCUT2D eigenvalue weighted by Crippen LogP contribution is 2.33. The standard InChI is InChI=1S/C14H19BrN2O/c1-16-7-10-2-5-14(13(15)6-10)17-8-11-3-4-12(9-17)18-11/h2,5-6,11-12,16H,3-4,7-9H2,1H3. The van der Waals surface area contributed by atoms with E-state index in [1.165, 1.54) is 28.6 Å². The maximum atomic E-state index is 5.88. The van der Waals surface area contributed by atoms with Gasteiger partial charge in [-0.1, -0.05) is 6.07 Å². The molecule has 2 aliphatic heterocycles. The Kier molecular flexibility index (Phi) is 3.59. The van der Waals surface area contributed by atoms with Crippen molar-refractivity contribution in [3.8, 4) is 0 Å². The van der Waals surface area contributed by atoms with Gasteiger partial charge in [0.2, 0.25) is 0 Å². The highest BCUT2D eigenvalue weighted by molar-refractivity contribution is 9.10. The fourth-order valence-electron chi connectivity index (χ4n) is 2.93. The molecule has 98 valence electrons. The van der Waals surface area contributed by atoms with Gasteiger partial charge in [-0.2, -0.15) is 0 Å². The van der Waals surface area contributed by atoms with E-state index in [9.17, 15) is 0 Å². The predicted octanol–water partition coefficient (Wildman–Crippen LogP) is 2.54. The van der Waals surface area contributed by atoms with Crippen molar-refractivity contribution in [3.05, 3.63) is 28.2 Å². The van der Waals surface area contributed by atoms with Crippen LogP contribution in [0.3, 0.4) is 0 Å². The van der Waals surface area contributed by atoms with Crippen LogP contribution < -0.4 is 10.2 Å².